The molecule has 0 bridgehead atoms. The molecule has 0 aliphatic carbocycles. The van der Waals surface area contributed by atoms with E-state index in [0.717, 1.165) is 0 Å². The van der Waals surface area contributed by atoms with E-state index in [-0.39, 0.29) is 23.7 Å². The number of amides is 1. The molecule has 5 nitrogen and oxygen atoms in total. The van der Waals surface area contributed by atoms with Crippen LogP contribution in [0.2, 0.25) is 10.0 Å². The molecule has 0 saturated carbocycles. The summed E-state index contributed by atoms with van der Waals surface area (Å²) in [6.07, 6.45) is 0. The van der Waals surface area contributed by atoms with Gasteiger partial charge in [0.15, 0.2) is 5.17 Å². The number of allylic oxidation sites excluding steroid dienone is 1. The van der Waals surface area contributed by atoms with Gasteiger partial charge in [0.1, 0.15) is 0 Å². The van der Waals surface area contributed by atoms with Gasteiger partial charge in [-0.05, 0) is 37.5 Å². The largest absolute Gasteiger partial charge is 0.462 e. The second-order valence-corrected chi connectivity index (χ2v) is 9.07. The van der Waals surface area contributed by atoms with E-state index in [0.29, 0.717) is 32.0 Å². The number of benzene rings is 1. The van der Waals surface area contributed by atoms with E-state index in [9.17, 15) is 9.59 Å². The zero-order valence-electron chi connectivity index (χ0n) is 15.5. The van der Waals surface area contributed by atoms with E-state index in [1.807, 2.05) is 20.8 Å². The number of hydrogen-bond donors (Lipinski definition) is 0. The quantitative estimate of drug-likeness (QED) is 0.646. The van der Waals surface area contributed by atoms with Crippen LogP contribution in [-0.2, 0) is 14.3 Å². The van der Waals surface area contributed by atoms with Crippen LogP contribution in [0.15, 0.2) is 34.5 Å². The van der Waals surface area contributed by atoms with Crippen LogP contribution in [-0.4, -0.2) is 33.8 Å². The summed E-state index contributed by atoms with van der Waals surface area (Å²) in [4.78, 5) is 31.7. The highest BCUT2D eigenvalue weighted by atomic mass is 35.5. The predicted molar refractivity (Wildman–Crippen MR) is 109 cm³/mol. The molecular formula is C19H20Cl2N2O3S. The lowest BCUT2D eigenvalue weighted by molar-refractivity contribution is -0.141. The number of carbonyl (C=O) groups is 2. The van der Waals surface area contributed by atoms with Crippen molar-refractivity contribution < 1.29 is 14.3 Å². The second kappa shape index (κ2) is 7.86. The SMILES string of the molecule is CC1=C(C(=O)OCC(C)C)[C@@H](c2ccc(Cl)cc2Cl)N2C(=O)[C@@H](C)SC2=N1. The van der Waals surface area contributed by atoms with Gasteiger partial charge in [0.25, 0.3) is 0 Å². The van der Waals surface area contributed by atoms with Crippen molar-refractivity contribution in [2.75, 3.05) is 6.61 Å². The molecule has 1 aromatic rings. The standard InChI is InChI=1S/C19H20Cl2N2O3S/c1-9(2)8-26-18(25)15-10(3)22-19-23(17(24)11(4)27-19)16(15)13-6-5-12(20)7-14(13)21/h5-7,9,11,16H,8H2,1-4H3/t11-,16-/m1/s1. The first-order valence-corrected chi connectivity index (χ1v) is 10.3. The molecule has 3 rings (SSSR count). The number of aliphatic imine (C=N–C) groups is 1. The summed E-state index contributed by atoms with van der Waals surface area (Å²) < 4.78 is 5.46. The zero-order valence-corrected chi connectivity index (χ0v) is 17.8. The monoisotopic (exact) mass is 426 g/mol. The summed E-state index contributed by atoms with van der Waals surface area (Å²) in [5, 5.41) is 1.15. The van der Waals surface area contributed by atoms with Crippen molar-refractivity contribution in [3.8, 4) is 0 Å². The van der Waals surface area contributed by atoms with E-state index >= 15 is 0 Å². The van der Waals surface area contributed by atoms with E-state index < -0.39 is 12.0 Å². The van der Waals surface area contributed by atoms with Gasteiger partial charge in [0.05, 0.1) is 29.2 Å². The number of amidine groups is 1. The number of rotatable bonds is 4. The Labute approximate surface area is 172 Å². The zero-order chi connectivity index (χ0) is 19.9. The number of halogens is 2. The van der Waals surface area contributed by atoms with Crippen molar-refractivity contribution in [2.45, 2.75) is 39.0 Å². The van der Waals surface area contributed by atoms with E-state index in [4.69, 9.17) is 27.9 Å². The van der Waals surface area contributed by atoms with Crippen molar-refractivity contribution in [3.63, 3.8) is 0 Å². The van der Waals surface area contributed by atoms with Gasteiger partial charge in [-0.3, -0.25) is 9.69 Å². The molecule has 0 spiro atoms. The maximum Gasteiger partial charge on any atom is 0.338 e. The molecule has 1 saturated heterocycles. The summed E-state index contributed by atoms with van der Waals surface area (Å²) in [5.74, 6) is -0.409. The lowest BCUT2D eigenvalue weighted by Gasteiger charge is -2.33. The highest BCUT2D eigenvalue weighted by Gasteiger charge is 2.46. The van der Waals surface area contributed by atoms with E-state index in [1.54, 1.807) is 30.0 Å². The summed E-state index contributed by atoms with van der Waals surface area (Å²) in [6.45, 7) is 7.77. The molecule has 1 aromatic carbocycles. The predicted octanol–water partition coefficient (Wildman–Crippen LogP) is 4.84. The Morgan fingerprint density at radius 2 is 2.07 bits per heavy atom. The van der Waals surface area contributed by atoms with Gasteiger partial charge in [-0.1, -0.05) is 54.9 Å². The third-order valence-corrected chi connectivity index (χ3v) is 5.90. The smallest absolute Gasteiger partial charge is 0.338 e. The van der Waals surface area contributed by atoms with Crippen molar-refractivity contribution in [3.05, 3.63) is 45.1 Å². The Kier molecular flexibility index (Phi) is 5.89. The first kappa shape index (κ1) is 20.2. The number of nitrogens with zero attached hydrogens (tertiary/aromatic N) is 2. The minimum Gasteiger partial charge on any atom is -0.462 e. The molecule has 8 heteroatoms. The molecule has 2 atom stereocenters. The Morgan fingerprint density at radius 1 is 1.37 bits per heavy atom. The molecule has 2 heterocycles. The molecule has 0 unspecified atom stereocenters. The third kappa shape index (κ3) is 3.89. The van der Waals surface area contributed by atoms with Crippen molar-refractivity contribution >= 4 is 52.0 Å². The molecule has 2 aliphatic heterocycles. The first-order valence-electron chi connectivity index (χ1n) is 8.62. The third-order valence-electron chi connectivity index (χ3n) is 4.28. The molecule has 144 valence electrons. The van der Waals surface area contributed by atoms with Gasteiger partial charge in [-0.15, -0.1) is 0 Å². The maximum absolute atomic E-state index is 12.9. The van der Waals surface area contributed by atoms with Gasteiger partial charge in [-0.25, -0.2) is 9.79 Å². The number of hydrogen-bond acceptors (Lipinski definition) is 5. The number of esters is 1. The van der Waals surface area contributed by atoms with Crippen LogP contribution in [0.3, 0.4) is 0 Å². The molecule has 1 fully saturated rings. The van der Waals surface area contributed by atoms with Crippen LogP contribution < -0.4 is 0 Å². The van der Waals surface area contributed by atoms with Gasteiger partial charge < -0.3 is 4.74 Å². The molecule has 0 radical (unpaired) electrons. The summed E-state index contributed by atoms with van der Waals surface area (Å²) >= 11 is 13.8. The molecule has 2 aliphatic rings. The number of fused-ring (bicyclic) bond motifs is 1. The Hall–Kier alpha value is -1.50. The van der Waals surface area contributed by atoms with Crippen molar-refractivity contribution in [1.82, 2.24) is 4.90 Å². The van der Waals surface area contributed by atoms with Gasteiger partial charge in [0, 0.05) is 10.0 Å². The Bertz CT molecular complexity index is 867. The Morgan fingerprint density at radius 3 is 2.70 bits per heavy atom. The van der Waals surface area contributed by atoms with Crippen LogP contribution in [0, 0.1) is 5.92 Å². The highest BCUT2D eigenvalue weighted by Crippen LogP contribution is 2.45. The normalized spacial score (nSPS) is 22.3. The average Bonchev–Trinajstić information content (AvgIpc) is 2.86. The fourth-order valence-electron chi connectivity index (χ4n) is 3.00. The van der Waals surface area contributed by atoms with E-state index in [1.165, 1.54) is 11.8 Å². The van der Waals surface area contributed by atoms with Crippen molar-refractivity contribution in [2.24, 2.45) is 10.9 Å². The lowest BCUT2D eigenvalue weighted by atomic mass is 9.94. The van der Waals surface area contributed by atoms with Gasteiger partial charge in [-0.2, -0.15) is 0 Å². The fraction of sp³-hybridized carbons (Fsp3) is 0.421. The minimum absolute atomic E-state index is 0.114. The van der Waals surface area contributed by atoms with Gasteiger partial charge >= 0.3 is 5.97 Å². The minimum atomic E-state index is -0.688. The Balaban J connectivity index is 2.12. The molecule has 1 amide bonds. The summed E-state index contributed by atoms with van der Waals surface area (Å²) in [6, 6.07) is 4.35. The fourth-order valence-corrected chi connectivity index (χ4v) is 4.54. The summed E-state index contributed by atoms with van der Waals surface area (Å²) in [5.41, 5.74) is 1.47. The maximum atomic E-state index is 12.9. The van der Waals surface area contributed by atoms with Crippen LogP contribution in [0.5, 0.6) is 0 Å². The van der Waals surface area contributed by atoms with Crippen LogP contribution >= 0.6 is 35.0 Å². The van der Waals surface area contributed by atoms with Crippen LogP contribution in [0.4, 0.5) is 0 Å². The molecule has 0 aromatic heterocycles. The lowest BCUT2D eigenvalue weighted by Crippen LogP contribution is -2.40. The number of ether oxygens (including phenoxy) is 1. The number of thioether (sulfide) groups is 1. The molecule has 27 heavy (non-hydrogen) atoms. The van der Waals surface area contributed by atoms with Crippen LogP contribution in [0.25, 0.3) is 0 Å². The van der Waals surface area contributed by atoms with Gasteiger partial charge in [0.2, 0.25) is 5.91 Å². The first-order chi connectivity index (χ1) is 12.7. The highest BCUT2D eigenvalue weighted by molar-refractivity contribution is 8.15. The summed E-state index contributed by atoms with van der Waals surface area (Å²) in [7, 11) is 0. The number of carbonyl (C=O) groups excluding carboxylic acids is 2. The second-order valence-electron chi connectivity index (χ2n) is 6.92. The average molecular weight is 427 g/mol. The molecular weight excluding hydrogens is 407 g/mol. The molecule has 0 N–H and O–H groups in total. The van der Waals surface area contributed by atoms with Crippen LogP contribution in [0.1, 0.15) is 39.3 Å². The topological polar surface area (TPSA) is 59.0 Å². The van der Waals surface area contributed by atoms with Crippen molar-refractivity contribution in [1.29, 1.82) is 0 Å². The van der Waals surface area contributed by atoms with E-state index in [2.05, 4.69) is 4.99 Å².